The Bertz CT molecular complexity index is 273. The minimum absolute atomic E-state index is 0.101. The Balaban J connectivity index is 2.30. The highest BCUT2D eigenvalue weighted by atomic mass is 32.2. The van der Waals surface area contributed by atoms with Crippen molar-refractivity contribution in [1.29, 1.82) is 0 Å². The minimum Gasteiger partial charge on any atom is -0.186 e. The molecule has 0 radical (unpaired) electrons. The number of hydrogen-bond donors (Lipinski definition) is 1. The van der Waals surface area contributed by atoms with Gasteiger partial charge in [0, 0.05) is 0 Å². The van der Waals surface area contributed by atoms with Gasteiger partial charge < -0.3 is 0 Å². The van der Waals surface area contributed by atoms with Gasteiger partial charge in [-0.1, -0.05) is 30.4 Å². The predicted molar refractivity (Wildman–Crippen MR) is 52.0 cm³/mol. The molecule has 11 heavy (non-hydrogen) atoms. The second-order valence-electron chi connectivity index (χ2n) is 2.43. The van der Waals surface area contributed by atoms with Crippen LogP contribution in [0.15, 0.2) is 58.2 Å². The molecule has 1 aliphatic rings. The fourth-order valence-corrected chi connectivity index (χ4v) is 2.64. The Kier molecular flexibility index (Phi) is 1.82. The maximum absolute atomic E-state index is 2.27. The zero-order valence-electron chi connectivity index (χ0n) is 6.14. The molecule has 0 atom stereocenters. The molecule has 1 aromatic carbocycles. The highest BCUT2D eigenvalue weighted by Crippen LogP contribution is 2.41. The van der Waals surface area contributed by atoms with Gasteiger partial charge in [-0.3, -0.25) is 0 Å². The third kappa shape index (κ3) is 1.38. The van der Waals surface area contributed by atoms with Gasteiger partial charge in [-0.05, 0) is 27.8 Å². The summed E-state index contributed by atoms with van der Waals surface area (Å²) in [5.41, 5.74) is 0. The third-order valence-electron chi connectivity index (χ3n) is 1.66. The summed E-state index contributed by atoms with van der Waals surface area (Å²) >= 11 is 0. The maximum atomic E-state index is 2.27. The van der Waals surface area contributed by atoms with Crippen molar-refractivity contribution in [1.82, 2.24) is 0 Å². The van der Waals surface area contributed by atoms with E-state index in [1.54, 1.807) is 0 Å². The van der Waals surface area contributed by atoms with Gasteiger partial charge in [-0.2, -0.15) is 10.9 Å². The van der Waals surface area contributed by atoms with Crippen LogP contribution in [0.4, 0.5) is 0 Å². The number of hydrogen-bond acceptors (Lipinski definition) is 0. The monoisotopic (exact) mass is 162 g/mol. The molecule has 0 aliphatic carbocycles. The van der Waals surface area contributed by atoms with Crippen LogP contribution in [-0.4, -0.2) is 0 Å². The van der Waals surface area contributed by atoms with Crippen molar-refractivity contribution >= 4 is 10.9 Å². The number of rotatable bonds is 1. The molecule has 0 fully saturated rings. The first kappa shape index (κ1) is 6.74. The first-order valence-electron chi connectivity index (χ1n) is 3.65. The van der Waals surface area contributed by atoms with Gasteiger partial charge in [0.15, 0.2) is 0 Å². The quantitative estimate of drug-likeness (QED) is 0.603. The largest absolute Gasteiger partial charge is 0.186 e. The Morgan fingerprint density at radius 1 is 0.818 bits per heavy atom. The number of allylic oxidation sites excluding steroid dienone is 2. The highest BCUT2D eigenvalue weighted by Gasteiger charge is 1.99. The van der Waals surface area contributed by atoms with E-state index < -0.39 is 0 Å². The lowest BCUT2D eigenvalue weighted by molar-refractivity contribution is 1.47. The number of thiol groups is 1. The van der Waals surface area contributed by atoms with Gasteiger partial charge >= 0.3 is 0 Å². The molecular formula is C10H10S. The smallest absolute Gasteiger partial charge is 0.00552 e. The molecule has 0 amide bonds. The van der Waals surface area contributed by atoms with Gasteiger partial charge in [0.2, 0.25) is 0 Å². The predicted octanol–water partition coefficient (Wildman–Crippen LogP) is 3.09. The molecule has 0 saturated heterocycles. The van der Waals surface area contributed by atoms with Crippen LogP contribution in [0.2, 0.25) is 0 Å². The van der Waals surface area contributed by atoms with E-state index in [1.165, 1.54) is 4.90 Å². The normalized spacial score (nSPS) is 17.6. The minimum atomic E-state index is -0.101. The molecule has 0 N–H and O–H groups in total. The lowest BCUT2D eigenvalue weighted by Gasteiger charge is -2.08. The van der Waals surface area contributed by atoms with Gasteiger partial charge in [0.1, 0.15) is 0 Å². The molecule has 0 nitrogen and oxygen atoms in total. The van der Waals surface area contributed by atoms with Crippen LogP contribution in [0.3, 0.4) is 0 Å². The van der Waals surface area contributed by atoms with E-state index in [-0.39, 0.29) is 10.9 Å². The molecule has 0 unspecified atom stereocenters. The second kappa shape index (κ2) is 2.97. The lowest BCUT2D eigenvalue weighted by atomic mass is 10.4. The first-order valence-corrected chi connectivity index (χ1v) is 5.13. The zero-order valence-corrected chi connectivity index (χ0v) is 7.04. The Morgan fingerprint density at radius 2 is 1.45 bits per heavy atom. The SMILES string of the molecule is C1=C[SH](c2ccccc2)C=C1. The standard InChI is InChI=1S/C10H10S/c1-2-6-10(7-3-1)11-8-4-5-9-11/h1-9,11H. The summed E-state index contributed by atoms with van der Waals surface area (Å²) in [6, 6.07) is 10.6. The summed E-state index contributed by atoms with van der Waals surface area (Å²) in [5, 5.41) is 4.54. The molecule has 1 aliphatic heterocycles. The lowest BCUT2D eigenvalue weighted by Crippen LogP contribution is -1.70. The molecular weight excluding hydrogens is 152 g/mol. The summed E-state index contributed by atoms with van der Waals surface area (Å²) in [5.74, 6) is 0. The molecule has 2 rings (SSSR count). The maximum Gasteiger partial charge on any atom is -0.00552 e. The van der Waals surface area contributed by atoms with Gasteiger partial charge in [-0.15, -0.1) is 0 Å². The van der Waals surface area contributed by atoms with Gasteiger partial charge in [0.05, 0.1) is 0 Å². The van der Waals surface area contributed by atoms with Crippen LogP contribution in [-0.2, 0) is 0 Å². The Labute approximate surface area is 69.6 Å². The van der Waals surface area contributed by atoms with Crippen molar-refractivity contribution in [3.8, 4) is 0 Å². The number of benzene rings is 1. The average Bonchev–Trinajstić information content (AvgIpc) is 2.58. The van der Waals surface area contributed by atoms with E-state index in [1.807, 2.05) is 0 Å². The van der Waals surface area contributed by atoms with Gasteiger partial charge in [0.25, 0.3) is 0 Å². The van der Waals surface area contributed by atoms with Gasteiger partial charge in [-0.25, -0.2) is 0 Å². The fourth-order valence-electron chi connectivity index (χ4n) is 1.11. The molecule has 56 valence electrons. The van der Waals surface area contributed by atoms with E-state index in [9.17, 15) is 0 Å². The Morgan fingerprint density at radius 3 is 2.09 bits per heavy atom. The average molecular weight is 162 g/mol. The van der Waals surface area contributed by atoms with Crippen LogP contribution in [0, 0.1) is 0 Å². The molecule has 0 saturated carbocycles. The molecule has 1 aromatic rings. The zero-order chi connectivity index (χ0) is 7.52. The summed E-state index contributed by atoms with van der Waals surface area (Å²) in [6.45, 7) is 0. The molecule has 0 bridgehead atoms. The summed E-state index contributed by atoms with van der Waals surface area (Å²) in [6.07, 6.45) is 4.25. The first-order chi connectivity index (χ1) is 5.47. The topological polar surface area (TPSA) is 0 Å². The van der Waals surface area contributed by atoms with Crippen molar-refractivity contribution in [2.75, 3.05) is 0 Å². The molecule has 0 spiro atoms. The fraction of sp³-hybridized carbons (Fsp3) is 0. The van der Waals surface area contributed by atoms with E-state index >= 15 is 0 Å². The summed E-state index contributed by atoms with van der Waals surface area (Å²) in [4.78, 5) is 1.44. The van der Waals surface area contributed by atoms with Crippen LogP contribution in [0.5, 0.6) is 0 Å². The van der Waals surface area contributed by atoms with Crippen LogP contribution in [0.1, 0.15) is 0 Å². The van der Waals surface area contributed by atoms with E-state index in [0.717, 1.165) is 0 Å². The molecule has 1 heterocycles. The van der Waals surface area contributed by atoms with Crippen LogP contribution in [0.25, 0.3) is 0 Å². The summed E-state index contributed by atoms with van der Waals surface area (Å²) in [7, 11) is -0.101. The van der Waals surface area contributed by atoms with Crippen molar-refractivity contribution < 1.29 is 0 Å². The van der Waals surface area contributed by atoms with Crippen molar-refractivity contribution in [3.05, 3.63) is 53.3 Å². The van der Waals surface area contributed by atoms with Crippen molar-refractivity contribution in [2.45, 2.75) is 4.90 Å². The van der Waals surface area contributed by atoms with Crippen molar-refractivity contribution in [3.63, 3.8) is 0 Å². The van der Waals surface area contributed by atoms with E-state index in [4.69, 9.17) is 0 Å². The third-order valence-corrected chi connectivity index (χ3v) is 3.54. The summed E-state index contributed by atoms with van der Waals surface area (Å²) < 4.78 is 0. The van der Waals surface area contributed by atoms with E-state index in [2.05, 4.69) is 53.3 Å². The molecule has 1 heteroatoms. The van der Waals surface area contributed by atoms with Crippen LogP contribution >= 0.6 is 10.9 Å². The Hall–Kier alpha value is -0.950. The van der Waals surface area contributed by atoms with Crippen LogP contribution < -0.4 is 0 Å². The molecule has 0 aromatic heterocycles. The van der Waals surface area contributed by atoms with Crippen molar-refractivity contribution in [2.24, 2.45) is 0 Å². The second-order valence-corrected chi connectivity index (χ2v) is 4.35. The van der Waals surface area contributed by atoms with E-state index in [0.29, 0.717) is 0 Å². The highest BCUT2D eigenvalue weighted by molar-refractivity contribution is 8.22.